The quantitative estimate of drug-likeness (QED) is 0.897. The van der Waals surface area contributed by atoms with Crippen LogP contribution in [0.2, 0.25) is 0 Å². The SMILES string of the molecule is OC(c1cc(Br)c2c(c1)OCCO2)C1CCCCC1. The molecule has 1 atom stereocenters. The Morgan fingerprint density at radius 3 is 2.63 bits per heavy atom. The van der Waals surface area contributed by atoms with E-state index in [0.29, 0.717) is 19.1 Å². The van der Waals surface area contributed by atoms with E-state index in [9.17, 15) is 5.11 Å². The monoisotopic (exact) mass is 326 g/mol. The Hall–Kier alpha value is -0.740. The van der Waals surface area contributed by atoms with Crippen molar-refractivity contribution in [3.05, 3.63) is 22.2 Å². The predicted octanol–water partition coefficient (Wildman–Crippen LogP) is 3.83. The molecule has 0 radical (unpaired) electrons. The van der Waals surface area contributed by atoms with Crippen LogP contribution in [-0.2, 0) is 0 Å². The van der Waals surface area contributed by atoms with E-state index in [1.54, 1.807) is 0 Å². The first-order valence-electron chi connectivity index (χ1n) is 7.03. The summed E-state index contributed by atoms with van der Waals surface area (Å²) in [4.78, 5) is 0. The summed E-state index contributed by atoms with van der Waals surface area (Å²) in [7, 11) is 0. The van der Waals surface area contributed by atoms with E-state index in [0.717, 1.165) is 34.4 Å². The number of halogens is 1. The van der Waals surface area contributed by atoms with Crippen LogP contribution < -0.4 is 9.47 Å². The third-order valence-corrected chi connectivity index (χ3v) is 4.65. The van der Waals surface area contributed by atoms with Crippen LogP contribution in [0.3, 0.4) is 0 Å². The summed E-state index contributed by atoms with van der Waals surface area (Å²) in [6, 6.07) is 3.89. The highest BCUT2D eigenvalue weighted by Gasteiger charge is 2.25. The lowest BCUT2D eigenvalue weighted by Crippen LogP contribution is -2.18. The van der Waals surface area contributed by atoms with Crippen molar-refractivity contribution in [2.24, 2.45) is 5.92 Å². The third-order valence-electron chi connectivity index (χ3n) is 4.06. The van der Waals surface area contributed by atoms with Crippen molar-refractivity contribution in [1.82, 2.24) is 0 Å². The van der Waals surface area contributed by atoms with Gasteiger partial charge in [-0.25, -0.2) is 0 Å². The summed E-state index contributed by atoms with van der Waals surface area (Å²) in [6.07, 6.45) is 5.60. The van der Waals surface area contributed by atoms with Crippen molar-refractivity contribution in [1.29, 1.82) is 0 Å². The molecule has 1 N–H and O–H groups in total. The topological polar surface area (TPSA) is 38.7 Å². The lowest BCUT2D eigenvalue weighted by atomic mass is 9.83. The largest absolute Gasteiger partial charge is 0.486 e. The molecule has 0 bridgehead atoms. The minimum Gasteiger partial charge on any atom is -0.486 e. The van der Waals surface area contributed by atoms with Gasteiger partial charge < -0.3 is 14.6 Å². The van der Waals surface area contributed by atoms with Crippen LogP contribution in [0.15, 0.2) is 16.6 Å². The van der Waals surface area contributed by atoms with Crippen molar-refractivity contribution >= 4 is 15.9 Å². The molecule has 1 aromatic carbocycles. The van der Waals surface area contributed by atoms with Gasteiger partial charge in [0.1, 0.15) is 13.2 Å². The average Bonchev–Trinajstić information content (AvgIpc) is 2.47. The molecule has 1 aliphatic carbocycles. The highest BCUT2D eigenvalue weighted by Crippen LogP contribution is 2.42. The first-order valence-corrected chi connectivity index (χ1v) is 7.82. The van der Waals surface area contributed by atoms with E-state index in [2.05, 4.69) is 15.9 Å². The van der Waals surface area contributed by atoms with Gasteiger partial charge in [0, 0.05) is 0 Å². The highest BCUT2D eigenvalue weighted by atomic mass is 79.9. The number of benzene rings is 1. The Labute approximate surface area is 122 Å². The molecule has 1 saturated carbocycles. The number of fused-ring (bicyclic) bond motifs is 1. The summed E-state index contributed by atoms with van der Waals surface area (Å²) in [5.74, 6) is 1.87. The molecule has 3 rings (SSSR count). The van der Waals surface area contributed by atoms with Crippen LogP contribution in [0.4, 0.5) is 0 Å². The smallest absolute Gasteiger partial charge is 0.175 e. The van der Waals surface area contributed by atoms with Crippen molar-refractivity contribution < 1.29 is 14.6 Å². The van der Waals surface area contributed by atoms with Gasteiger partial charge in [-0.3, -0.25) is 0 Å². The van der Waals surface area contributed by atoms with E-state index >= 15 is 0 Å². The molecule has 4 heteroatoms. The second-order valence-electron chi connectivity index (χ2n) is 5.37. The van der Waals surface area contributed by atoms with Gasteiger partial charge in [0.2, 0.25) is 0 Å². The molecule has 0 saturated heterocycles. The Morgan fingerprint density at radius 2 is 1.84 bits per heavy atom. The molecule has 19 heavy (non-hydrogen) atoms. The van der Waals surface area contributed by atoms with Crippen molar-refractivity contribution in [2.45, 2.75) is 38.2 Å². The van der Waals surface area contributed by atoms with Gasteiger partial charge in [-0.2, -0.15) is 0 Å². The molecule has 2 aliphatic rings. The number of rotatable bonds is 2. The van der Waals surface area contributed by atoms with Crippen LogP contribution in [0.25, 0.3) is 0 Å². The van der Waals surface area contributed by atoms with Crippen LogP contribution >= 0.6 is 15.9 Å². The number of aliphatic hydroxyl groups excluding tert-OH is 1. The standard InChI is InChI=1S/C15H19BrO3/c16-12-8-11(9-13-15(12)19-7-6-18-13)14(17)10-4-2-1-3-5-10/h8-10,14,17H,1-7H2. The summed E-state index contributed by atoms with van der Waals surface area (Å²) < 4.78 is 12.1. The lowest BCUT2D eigenvalue weighted by Gasteiger charge is -2.28. The second-order valence-corrected chi connectivity index (χ2v) is 6.22. The van der Waals surface area contributed by atoms with Gasteiger partial charge in [-0.1, -0.05) is 19.3 Å². The molecule has 104 valence electrons. The van der Waals surface area contributed by atoms with Gasteiger partial charge >= 0.3 is 0 Å². The third kappa shape index (κ3) is 2.75. The highest BCUT2D eigenvalue weighted by molar-refractivity contribution is 9.10. The van der Waals surface area contributed by atoms with Gasteiger partial charge in [-0.15, -0.1) is 0 Å². The van der Waals surface area contributed by atoms with Crippen molar-refractivity contribution in [2.75, 3.05) is 13.2 Å². The molecular formula is C15H19BrO3. The summed E-state index contributed by atoms with van der Waals surface area (Å²) in [5.41, 5.74) is 0.933. The molecule has 1 fully saturated rings. The molecule has 3 nitrogen and oxygen atoms in total. The van der Waals surface area contributed by atoms with Crippen LogP contribution in [-0.4, -0.2) is 18.3 Å². The zero-order chi connectivity index (χ0) is 13.2. The van der Waals surface area contributed by atoms with Gasteiger partial charge in [0.15, 0.2) is 11.5 Å². The molecular weight excluding hydrogens is 308 g/mol. The minimum absolute atomic E-state index is 0.378. The Balaban J connectivity index is 1.85. The number of aliphatic hydroxyl groups is 1. The van der Waals surface area contributed by atoms with Gasteiger partial charge in [0.25, 0.3) is 0 Å². The van der Waals surface area contributed by atoms with Crippen LogP contribution in [0.5, 0.6) is 11.5 Å². The number of hydrogen-bond donors (Lipinski definition) is 1. The van der Waals surface area contributed by atoms with E-state index < -0.39 is 6.10 Å². The van der Waals surface area contributed by atoms with Gasteiger partial charge in [-0.05, 0) is 52.4 Å². The zero-order valence-corrected chi connectivity index (χ0v) is 12.5. The Kier molecular flexibility index (Phi) is 3.99. The maximum Gasteiger partial charge on any atom is 0.175 e. The molecule has 1 heterocycles. The van der Waals surface area contributed by atoms with E-state index in [4.69, 9.17) is 9.47 Å². The summed E-state index contributed by atoms with van der Waals surface area (Å²) in [5, 5.41) is 10.6. The molecule has 0 amide bonds. The maximum absolute atomic E-state index is 10.6. The second kappa shape index (κ2) is 5.71. The molecule has 1 unspecified atom stereocenters. The fraction of sp³-hybridized carbons (Fsp3) is 0.600. The summed E-state index contributed by atoms with van der Waals surface area (Å²) >= 11 is 3.51. The first-order chi connectivity index (χ1) is 9.25. The van der Waals surface area contributed by atoms with Gasteiger partial charge in [0.05, 0.1) is 10.6 Å². The molecule has 0 aromatic heterocycles. The van der Waals surface area contributed by atoms with E-state index in [1.807, 2.05) is 12.1 Å². The Bertz CT molecular complexity index is 455. The Morgan fingerprint density at radius 1 is 1.11 bits per heavy atom. The lowest BCUT2D eigenvalue weighted by molar-refractivity contribution is 0.0839. The van der Waals surface area contributed by atoms with Crippen LogP contribution in [0.1, 0.15) is 43.8 Å². The normalized spacial score (nSPS) is 21.2. The molecule has 0 spiro atoms. The van der Waals surface area contributed by atoms with Crippen molar-refractivity contribution in [3.63, 3.8) is 0 Å². The average molecular weight is 327 g/mol. The molecule has 1 aromatic rings. The summed E-state index contributed by atoms with van der Waals surface area (Å²) in [6.45, 7) is 1.15. The first kappa shape index (κ1) is 13.3. The minimum atomic E-state index is -0.396. The van der Waals surface area contributed by atoms with E-state index in [-0.39, 0.29) is 0 Å². The van der Waals surface area contributed by atoms with E-state index in [1.165, 1.54) is 19.3 Å². The number of hydrogen-bond acceptors (Lipinski definition) is 3. The number of ether oxygens (including phenoxy) is 2. The fourth-order valence-electron chi connectivity index (χ4n) is 3.02. The fourth-order valence-corrected chi connectivity index (χ4v) is 3.60. The van der Waals surface area contributed by atoms with Crippen LogP contribution in [0, 0.1) is 5.92 Å². The molecule has 1 aliphatic heterocycles. The zero-order valence-electron chi connectivity index (χ0n) is 10.9. The van der Waals surface area contributed by atoms with Crippen molar-refractivity contribution in [3.8, 4) is 11.5 Å². The predicted molar refractivity (Wildman–Crippen MR) is 76.7 cm³/mol. The maximum atomic E-state index is 10.6.